The van der Waals surface area contributed by atoms with Crippen molar-refractivity contribution < 1.29 is 9.05 Å². The van der Waals surface area contributed by atoms with Crippen molar-refractivity contribution in [2.45, 2.75) is 0 Å². The van der Waals surface area contributed by atoms with Crippen LogP contribution < -0.4 is 20.1 Å². The van der Waals surface area contributed by atoms with Gasteiger partial charge in [-0.25, -0.2) is 0 Å². The van der Waals surface area contributed by atoms with Crippen molar-refractivity contribution in [2.75, 3.05) is 0 Å². The van der Waals surface area contributed by atoms with Gasteiger partial charge in [-0.15, -0.1) is 0 Å². The van der Waals surface area contributed by atoms with Crippen LogP contribution in [-0.4, -0.2) is 0 Å². The number of nitrogens with two attached hydrogens (primary N) is 1. The molecule has 2 aromatic carbocycles. The summed E-state index contributed by atoms with van der Waals surface area (Å²) in [7, 11) is 0. The first kappa shape index (κ1) is 13.1. The average molecular weight is 280 g/mol. The normalized spacial score (nSPS) is 10.9. The zero-order valence-corrected chi connectivity index (χ0v) is 11.2. The summed E-state index contributed by atoms with van der Waals surface area (Å²) >= 11 is 5.30. The van der Waals surface area contributed by atoms with Crippen molar-refractivity contribution >= 4 is 18.4 Å². The standard InChI is InChI=1S/C12H13N2O2PS/c13-14-17(18,15-11-7-3-1-4-8-11)16-12-9-5-2-6-10-12/h1-10H,13H2,(H,14,18). The van der Waals surface area contributed by atoms with E-state index in [0.717, 1.165) is 0 Å². The van der Waals surface area contributed by atoms with Crippen LogP contribution in [0.3, 0.4) is 0 Å². The lowest BCUT2D eigenvalue weighted by molar-refractivity contribution is 0.471. The van der Waals surface area contributed by atoms with Gasteiger partial charge in [-0.2, -0.15) is 5.20 Å². The van der Waals surface area contributed by atoms with Crippen LogP contribution in [0.1, 0.15) is 0 Å². The van der Waals surface area contributed by atoms with E-state index >= 15 is 0 Å². The second kappa shape index (κ2) is 5.98. The van der Waals surface area contributed by atoms with Crippen molar-refractivity contribution in [3.05, 3.63) is 60.7 Å². The van der Waals surface area contributed by atoms with E-state index in [1.165, 1.54) is 0 Å². The minimum atomic E-state index is -2.78. The molecule has 0 saturated carbocycles. The van der Waals surface area contributed by atoms with Gasteiger partial charge >= 0.3 is 6.64 Å². The number of hydrazine groups is 1. The molecule has 0 aliphatic rings. The lowest BCUT2D eigenvalue weighted by Crippen LogP contribution is -2.24. The highest BCUT2D eigenvalue weighted by Crippen LogP contribution is 2.43. The van der Waals surface area contributed by atoms with E-state index < -0.39 is 6.64 Å². The lowest BCUT2D eigenvalue weighted by Gasteiger charge is -2.21. The maximum Gasteiger partial charge on any atom is 0.378 e. The Morgan fingerprint density at radius 1 is 0.833 bits per heavy atom. The zero-order chi connectivity index (χ0) is 12.8. The number of hydrogen-bond donors (Lipinski definition) is 2. The Balaban J connectivity index is 2.14. The fourth-order valence-corrected chi connectivity index (χ4v) is 2.77. The molecule has 0 unspecified atom stereocenters. The van der Waals surface area contributed by atoms with Crippen molar-refractivity contribution in [3.8, 4) is 11.5 Å². The number of nitrogens with one attached hydrogen (secondary N) is 1. The van der Waals surface area contributed by atoms with Crippen molar-refractivity contribution in [3.63, 3.8) is 0 Å². The molecule has 3 N–H and O–H groups in total. The van der Waals surface area contributed by atoms with Gasteiger partial charge in [-0.1, -0.05) is 36.4 Å². The monoisotopic (exact) mass is 280 g/mol. The molecule has 4 nitrogen and oxygen atoms in total. The van der Waals surface area contributed by atoms with Crippen LogP contribution in [0.15, 0.2) is 60.7 Å². The van der Waals surface area contributed by atoms with Crippen molar-refractivity contribution in [2.24, 2.45) is 5.84 Å². The summed E-state index contributed by atoms with van der Waals surface area (Å²) in [4.78, 5) is 0. The second-order valence-electron chi connectivity index (χ2n) is 3.44. The molecule has 0 aliphatic carbocycles. The molecule has 0 saturated heterocycles. The van der Waals surface area contributed by atoms with Gasteiger partial charge in [0.2, 0.25) is 0 Å². The minimum absolute atomic E-state index is 0.620. The summed E-state index contributed by atoms with van der Waals surface area (Å²) < 4.78 is 11.2. The molecule has 0 fully saturated rings. The molecule has 0 heterocycles. The summed E-state index contributed by atoms with van der Waals surface area (Å²) in [5.74, 6) is 6.69. The Bertz CT molecular complexity index is 491. The summed E-state index contributed by atoms with van der Waals surface area (Å²) in [5, 5.41) is 2.46. The average Bonchev–Trinajstić information content (AvgIpc) is 2.41. The van der Waals surface area contributed by atoms with Gasteiger partial charge in [0.05, 0.1) is 0 Å². The fourth-order valence-electron chi connectivity index (χ4n) is 1.31. The van der Waals surface area contributed by atoms with E-state index in [9.17, 15) is 0 Å². The Hall–Kier alpha value is -1.39. The van der Waals surface area contributed by atoms with Crippen LogP contribution in [0.4, 0.5) is 0 Å². The minimum Gasteiger partial charge on any atom is -0.424 e. The van der Waals surface area contributed by atoms with Gasteiger partial charge in [-0.05, 0) is 24.3 Å². The summed E-state index contributed by atoms with van der Waals surface area (Å²) in [6.07, 6.45) is 0. The van der Waals surface area contributed by atoms with Crippen molar-refractivity contribution in [1.82, 2.24) is 5.20 Å². The number of rotatable bonds is 5. The predicted octanol–water partition coefficient (Wildman–Crippen LogP) is 2.83. The molecule has 0 radical (unpaired) electrons. The molecule has 0 amide bonds. The smallest absolute Gasteiger partial charge is 0.378 e. The molecule has 18 heavy (non-hydrogen) atoms. The first-order valence-corrected chi connectivity index (χ1v) is 7.93. The highest BCUT2D eigenvalue weighted by atomic mass is 32.5. The van der Waals surface area contributed by atoms with E-state index in [2.05, 4.69) is 5.20 Å². The van der Waals surface area contributed by atoms with Gasteiger partial charge in [-0.3, -0.25) is 5.84 Å². The highest BCUT2D eigenvalue weighted by Gasteiger charge is 2.20. The van der Waals surface area contributed by atoms with Crippen molar-refractivity contribution in [1.29, 1.82) is 0 Å². The molecule has 2 aromatic rings. The molecule has 0 bridgehead atoms. The van der Waals surface area contributed by atoms with Crippen LogP contribution >= 0.6 is 6.64 Å². The maximum absolute atomic E-state index is 5.62. The molecule has 0 atom stereocenters. The molecule has 0 aromatic heterocycles. The maximum atomic E-state index is 5.62. The van der Waals surface area contributed by atoms with E-state index in [1.807, 2.05) is 36.4 Å². The molecule has 94 valence electrons. The fraction of sp³-hybridized carbons (Fsp3) is 0. The van der Waals surface area contributed by atoms with Gasteiger partial charge in [0, 0.05) is 11.8 Å². The molecule has 2 rings (SSSR count). The summed E-state index contributed by atoms with van der Waals surface area (Å²) in [6.45, 7) is -2.78. The zero-order valence-electron chi connectivity index (χ0n) is 9.52. The molecular formula is C12H13N2O2PS. The lowest BCUT2D eigenvalue weighted by atomic mass is 10.3. The first-order valence-electron chi connectivity index (χ1n) is 5.29. The quantitative estimate of drug-likeness (QED) is 0.501. The Morgan fingerprint density at radius 2 is 1.22 bits per heavy atom. The topological polar surface area (TPSA) is 56.5 Å². The second-order valence-corrected chi connectivity index (χ2v) is 6.50. The molecule has 6 heteroatoms. The highest BCUT2D eigenvalue weighted by molar-refractivity contribution is 8.09. The third-order valence-electron chi connectivity index (χ3n) is 2.10. The Kier molecular flexibility index (Phi) is 4.33. The first-order chi connectivity index (χ1) is 8.72. The Labute approximate surface area is 111 Å². The van der Waals surface area contributed by atoms with E-state index in [1.54, 1.807) is 24.3 Å². The number of para-hydroxylation sites is 2. The number of benzene rings is 2. The largest absolute Gasteiger partial charge is 0.424 e. The van der Waals surface area contributed by atoms with Crippen LogP contribution in [0, 0.1) is 0 Å². The van der Waals surface area contributed by atoms with Gasteiger partial charge in [0.15, 0.2) is 0 Å². The number of hydrogen-bond acceptors (Lipinski definition) is 4. The SMILES string of the molecule is NNP(=S)(Oc1ccccc1)Oc1ccccc1. The van der Waals surface area contributed by atoms with Crippen LogP contribution in [0.5, 0.6) is 11.5 Å². The third-order valence-corrected chi connectivity index (χ3v) is 4.08. The van der Waals surface area contributed by atoms with Gasteiger partial charge in [0.25, 0.3) is 0 Å². The Morgan fingerprint density at radius 3 is 1.56 bits per heavy atom. The van der Waals surface area contributed by atoms with Gasteiger partial charge < -0.3 is 9.05 Å². The molecule has 0 aliphatic heterocycles. The van der Waals surface area contributed by atoms with E-state index in [4.69, 9.17) is 26.7 Å². The molecular weight excluding hydrogens is 267 g/mol. The van der Waals surface area contributed by atoms with Crippen LogP contribution in [-0.2, 0) is 11.8 Å². The molecule has 0 spiro atoms. The van der Waals surface area contributed by atoms with E-state index in [0.29, 0.717) is 11.5 Å². The third kappa shape index (κ3) is 3.55. The summed E-state index contributed by atoms with van der Waals surface area (Å²) in [6, 6.07) is 18.4. The summed E-state index contributed by atoms with van der Waals surface area (Å²) in [5.41, 5.74) is 0. The van der Waals surface area contributed by atoms with Crippen LogP contribution in [0.25, 0.3) is 0 Å². The predicted molar refractivity (Wildman–Crippen MR) is 75.7 cm³/mol. The van der Waals surface area contributed by atoms with Crippen LogP contribution in [0.2, 0.25) is 0 Å². The van der Waals surface area contributed by atoms with E-state index in [-0.39, 0.29) is 0 Å². The van der Waals surface area contributed by atoms with Gasteiger partial charge in [0.1, 0.15) is 11.5 Å².